The molecule has 1 N–H and O–H groups in total. The molecule has 0 fully saturated rings. The Hall–Kier alpha value is -1.85. The summed E-state index contributed by atoms with van der Waals surface area (Å²) >= 11 is 7.02. The Morgan fingerprint density at radius 2 is 1.70 bits per heavy atom. The van der Waals surface area contributed by atoms with Gasteiger partial charge in [0.05, 0.1) is 11.4 Å². The second-order valence-corrected chi connectivity index (χ2v) is 8.82. The van der Waals surface area contributed by atoms with Gasteiger partial charge in [0, 0.05) is 20.2 Å². The van der Waals surface area contributed by atoms with Crippen LogP contribution in [0.1, 0.15) is 30.4 Å². The fourth-order valence-corrected chi connectivity index (χ4v) is 4.69. The molecular weight excluding hydrogens is 468 g/mol. The van der Waals surface area contributed by atoms with E-state index in [1.54, 1.807) is 0 Å². The highest BCUT2D eigenvalue weighted by molar-refractivity contribution is 9.10. The number of benzene rings is 2. The zero-order valence-corrected chi connectivity index (χ0v) is 18.4. The van der Waals surface area contributed by atoms with Crippen LogP contribution in [0.3, 0.4) is 0 Å². The Labute approximate surface area is 176 Å². The van der Waals surface area contributed by atoms with Gasteiger partial charge in [0.15, 0.2) is 0 Å². The summed E-state index contributed by atoms with van der Waals surface area (Å²) in [5.41, 5.74) is 6.94. The number of carbonyl (C=O) groups is 1. The van der Waals surface area contributed by atoms with Gasteiger partial charge in [-0.15, -0.1) is 0 Å². The van der Waals surface area contributed by atoms with Gasteiger partial charge in [-0.2, -0.15) is 0 Å². The van der Waals surface area contributed by atoms with Crippen LogP contribution in [-0.2, 0) is 4.79 Å². The highest BCUT2D eigenvalue weighted by Gasteiger charge is 2.37. The number of nitrogens with one attached hydrogen (secondary N) is 1. The van der Waals surface area contributed by atoms with E-state index in [9.17, 15) is 4.79 Å². The van der Waals surface area contributed by atoms with Gasteiger partial charge in [0.1, 0.15) is 5.70 Å². The third kappa shape index (κ3) is 3.39. The molecule has 1 aliphatic carbocycles. The first-order chi connectivity index (χ1) is 13.0. The number of aryl methyl sites for hydroxylation is 2. The fraction of sp³-hybridized carbons (Fsp3) is 0.227. The Bertz CT molecular complexity index is 1010. The van der Waals surface area contributed by atoms with Crippen molar-refractivity contribution >= 4 is 49.1 Å². The van der Waals surface area contributed by atoms with E-state index in [0.29, 0.717) is 5.70 Å². The van der Waals surface area contributed by atoms with E-state index in [1.807, 2.05) is 43.0 Å². The maximum Gasteiger partial charge on any atom is 0.279 e. The number of allylic oxidation sites excluding steroid dienone is 2. The van der Waals surface area contributed by atoms with Gasteiger partial charge >= 0.3 is 0 Å². The molecule has 0 unspecified atom stereocenters. The SMILES string of the molecule is Cc1cc(Br)ccc1NC1=C2CCCC=C2N(c2ccc(Br)cc2C)C1=O. The van der Waals surface area contributed by atoms with Crippen molar-refractivity contribution in [2.75, 3.05) is 10.2 Å². The maximum atomic E-state index is 13.4. The van der Waals surface area contributed by atoms with Crippen LogP contribution in [0.25, 0.3) is 0 Å². The first-order valence-corrected chi connectivity index (χ1v) is 10.6. The smallest absolute Gasteiger partial charge is 0.279 e. The van der Waals surface area contributed by atoms with Crippen molar-refractivity contribution in [3.63, 3.8) is 0 Å². The molecule has 4 rings (SSSR count). The number of hydrogen-bond acceptors (Lipinski definition) is 2. The molecule has 0 saturated heterocycles. The van der Waals surface area contributed by atoms with Crippen LogP contribution in [-0.4, -0.2) is 5.91 Å². The number of amides is 1. The Kier molecular flexibility index (Phi) is 4.99. The number of anilines is 2. The molecule has 2 aromatic rings. The van der Waals surface area contributed by atoms with Crippen LogP contribution >= 0.6 is 31.9 Å². The molecule has 1 amide bonds. The zero-order valence-electron chi connectivity index (χ0n) is 15.3. The van der Waals surface area contributed by atoms with E-state index in [0.717, 1.165) is 62.0 Å². The number of halogens is 2. The van der Waals surface area contributed by atoms with E-state index in [4.69, 9.17) is 0 Å². The maximum absolute atomic E-state index is 13.4. The van der Waals surface area contributed by atoms with Gasteiger partial charge in [0.2, 0.25) is 0 Å². The summed E-state index contributed by atoms with van der Waals surface area (Å²) in [5.74, 6) is 0.0193. The van der Waals surface area contributed by atoms with Crippen molar-refractivity contribution in [3.05, 3.63) is 79.5 Å². The van der Waals surface area contributed by atoms with Crippen molar-refractivity contribution in [1.29, 1.82) is 0 Å². The van der Waals surface area contributed by atoms with E-state index in [1.165, 1.54) is 0 Å². The van der Waals surface area contributed by atoms with Crippen LogP contribution < -0.4 is 10.2 Å². The van der Waals surface area contributed by atoms with Gasteiger partial charge in [-0.25, -0.2) is 0 Å². The molecule has 1 heterocycles. The van der Waals surface area contributed by atoms with E-state index < -0.39 is 0 Å². The molecule has 2 aliphatic rings. The molecule has 3 nitrogen and oxygen atoms in total. The second-order valence-electron chi connectivity index (χ2n) is 6.99. The minimum atomic E-state index is 0.0193. The summed E-state index contributed by atoms with van der Waals surface area (Å²) in [4.78, 5) is 15.3. The highest BCUT2D eigenvalue weighted by Crippen LogP contribution is 2.41. The Morgan fingerprint density at radius 1 is 1.00 bits per heavy atom. The molecule has 0 atom stereocenters. The van der Waals surface area contributed by atoms with Crippen LogP contribution in [0.15, 0.2) is 68.4 Å². The highest BCUT2D eigenvalue weighted by atomic mass is 79.9. The Balaban J connectivity index is 1.77. The van der Waals surface area contributed by atoms with Gasteiger partial charge in [-0.3, -0.25) is 9.69 Å². The first kappa shape index (κ1) is 18.5. The monoisotopic (exact) mass is 486 g/mol. The third-order valence-electron chi connectivity index (χ3n) is 5.09. The molecule has 1 aliphatic heterocycles. The van der Waals surface area contributed by atoms with Crippen molar-refractivity contribution in [1.82, 2.24) is 0 Å². The fourth-order valence-electron chi connectivity index (χ4n) is 3.74. The second kappa shape index (κ2) is 7.28. The van der Waals surface area contributed by atoms with Gasteiger partial charge in [-0.1, -0.05) is 37.9 Å². The lowest BCUT2D eigenvalue weighted by Gasteiger charge is -2.24. The summed E-state index contributed by atoms with van der Waals surface area (Å²) in [6, 6.07) is 12.1. The molecule has 0 aromatic heterocycles. The number of hydrogen-bond donors (Lipinski definition) is 1. The number of carbonyl (C=O) groups excluding carboxylic acids is 1. The summed E-state index contributed by atoms with van der Waals surface area (Å²) in [6.07, 6.45) is 5.19. The largest absolute Gasteiger partial charge is 0.351 e. The number of rotatable bonds is 3. The lowest BCUT2D eigenvalue weighted by molar-refractivity contribution is -0.114. The Morgan fingerprint density at radius 3 is 2.41 bits per heavy atom. The zero-order chi connectivity index (χ0) is 19.1. The molecule has 27 heavy (non-hydrogen) atoms. The average Bonchev–Trinajstić information content (AvgIpc) is 2.90. The van der Waals surface area contributed by atoms with Crippen LogP contribution in [0.5, 0.6) is 0 Å². The summed E-state index contributed by atoms with van der Waals surface area (Å²) in [5, 5.41) is 3.43. The normalized spacial score (nSPS) is 16.5. The predicted octanol–water partition coefficient (Wildman–Crippen LogP) is 6.61. The molecule has 5 heteroatoms. The molecule has 2 aromatic carbocycles. The number of fused-ring (bicyclic) bond motifs is 1. The summed E-state index contributed by atoms with van der Waals surface area (Å²) in [6.45, 7) is 4.09. The number of nitrogens with zero attached hydrogens (tertiary/aromatic N) is 1. The molecule has 0 saturated carbocycles. The molecular formula is C22H20Br2N2O. The van der Waals surface area contributed by atoms with Crippen molar-refractivity contribution < 1.29 is 4.79 Å². The first-order valence-electron chi connectivity index (χ1n) is 9.03. The third-order valence-corrected chi connectivity index (χ3v) is 6.07. The molecule has 0 spiro atoms. The lowest BCUT2D eigenvalue weighted by atomic mass is 9.98. The standard InChI is InChI=1S/C22H20Br2N2O/c1-13-11-15(23)7-9-18(13)25-21-17-5-3-4-6-20(17)26(22(21)27)19-10-8-16(24)12-14(19)2/h6-12,25H,3-5H2,1-2H3. The summed E-state index contributed by atoms with van der Waals surface area (Å²) < 4.78 is 2.05. The van der Waals surface area contributed by atoms with Crippen molar-refractivity contribution in [3.8, 4) is 0 Å². The van der Waals surface area contributed by atoms with E-state index >= 15 is 0 Å². The van der Waals surface area contributed by atoms with E-state index in [2.05, 4.69) is 55.4 Å². The molecule has 138 valence electrons. The van der Waals surface area contributed by atoms with Crippen LogP contribution in [0.2, 0.25) is 0 Å². The predicted molar refractivity (Wildman–Crippen MR) is 118 cm³/mol. The lowest BCUT2D eigenvalue weighted by Crippen LogP contribution is -2.28. The minimum Gasteiger partial charge on any atom is -0.351 e. The topological polar surface area (TPSA) is 32.3 Å². The quantitative estimate of drug-likeness (QED) is 0.528. The van der Waals surface area contributed by atoms with Gasteiger partial charge < -0.3 is 5.32 Å². The molecule has 0 bridgehead atoms. The van der Waals surface area contributed by atoms with Crippen LogP contribution in [0, 0.1) is 13.8 Å². The van der Waals surface area contributed by atoms with E-state index in [-0.39, 0.29) is 5.91 Å². The van der Waals surface area contributed by atoms with Gasteiger partial charge in [0.25, 0.3) is 5.91 Å². The van der Waals surface area contributed by atoms with Gasteiger partial charge in [-0.05, 0) is 80.6 Å². The molecule has 0 radical (unpaired) electrons. The minimum absolute atomic E-state index is 0.0193. The summed E-state index contributed by atoms with van der Waals surface area (Å²) in [7, 11) is 0. The van der Waals surface area contributed by atoms with Crippen molar-refractivity contribution in [2.24, 2.45) is 0 Å². The van der Waals surface area contributed by atoms with Crippen molar-refractivity contribution in [2.45, 2.75) is 33.1 Å². The average molecular weight is 488 g/mol. The van der Waals surface area contributed by atoms with Crippen LogP contribution in [0.4, 0.5) is 11.4 Å².